The molecule has 2 nitrogen and oxygen atoms in total. The zero-order valence-electron chi connectivity index (χ0n) is 12.5. The van der Waals surface area contributed by atoms with Crippen LogP contribution >= 0.6 is 0 Å². The summed E-state index contributed by atoms with van der Waals surface area (Å²) in [6, 6.07) is 6.87. The van der Waals surface area contributed by atoms with Crippen molar-refractivity contribution in [1.82, 2.24) is 5.32 Å². The molecule has 104 valence electrons. The van der Waals surface area contributed by atoms with Gasteiger partial charge >= 0.3 is 0 Å². The van der Waals surface area contributed by atoms with Gasteiger partial charge in [0.05, 0.1) is 0 Å². The van der Waals surface area contributed by atoms with Gasteiger partial charge in [0.1, 0.15) is 0 Å². The average Bonchev–Trinajstić information content (AvgIpc) is 2.79. The Hall–Kier alpha value is -1.28. The fourth-order valence-corrected chi connectivity index (χ4v) is 2.62. The van der Waals surface area contributed by atoms with E-state index in [2.05, 4.69) is 55.4 Å². The molecule has 0 saturated heterocycles. The van der Waals surface area contributed by atoms with E-state index in [4.69, 9.17) is 0 Å². The Balaban J connectivity index is 2.08. The van der Waals surface area contributed by atoms with E-state index < -0.39 is 0 Å². The highest BCUT2D eigenvalue weighted by molar-refractivity contribution is 5.64. The molecular formula is C17H26N2. The molecule has 0 atom stereocenters. The van der Waals surface area contributed by atoms with Gasteiger partial charge in [0, 0.05) is 25.8 Å². The first-order valence-electron chi connectivity index (χ1n) is 7.48. The van der Waals surface area contributed by atoms with Crippen LogP contribution in [0.1, 0.15) is 37.8 Å². The number of likely N-dealkylation sites (N-methyl/N-ethyl adjacent to an activating group) is 1. The first-order valence-corrected chi connectivity index (χ1v) is 7.48. The van der Waals surface area contributed by atoms with Crippen LogP contribution < -0.4 is 10.2 Å². The van der Waals surface area contributed by atoms with E-state index in [1.807, 2.05) is 0 Å². The van der Waals surface area contributed by atoms with Crippen molar-refractivity contribution in [3.8, 4) is 0 Å². The minimum Gasteiger partial charge on any atom is -0.374 e. The van der Waals surface area contributed by atoms with Crippen LogP contribution in [0.3, 0.4) is 0 Å². The maximum Gasteiger partial charge on any atom is 0.0397 e. The Morgan fingerprint density at radius 1 is 1.37 bits per heavy atom. The number of nitrogens with zero attached hydrogens (tertiary/aromatic N) is 1. The highest BCUT2D eigenvalue weighted by Crippen LogP contribution is 2.28. The maximum absolute atomic E-state index is 3.49. The van der Waals surface area contributed by atoms with Crippen LogP contribution in [0.25, 0.3) is 6.08 Å². The molecule has 1 aromatic rings. The van der Waals surface area contributed by atoms with Gasteiger partial charge in [-0.3, -0.25) is 0 Å². The van der Waals surface area contributed by atoms with Crippen molar-refractivity contribution >= 4 is 11.8 Å². The molecule has 0 aliphatic carbocycles. The van der Waals surface area contributed by atoms with Gasteiger partial charge in [-0.25, -0.2) is 0 Å². The van der Waals surface area contributed by atoms with Crippen molar-refractivity contribution in [3.63, 3.8) is 0 Å². The number of benzene rings is 1. The second-order valence-electron chi connectivity index (χ2n) is 5.39. The van der Waals surface area contributed by atoms with E-state index in [1.165, 1.54) is 35.2 Å². The van der Waals surface area contributed by atoms with Crippen LogP contribution in [0.2, 0.25) is 0 Å². The van der Waals surface area contributed by atoms with Crippen molar-refractivity contribution in [2.75, 3.05) is 31.6 Å². The van der Waals surface area contributed by atoms with E-state index in [1.54, 1.807) is 0 Å². The van der Waals surface area contributed by atoms with Crippen molar-refractivity contribution in [2.24, 2.45) is 0 Å². The third-order valence-electron chi connectivity index (χ3n) is 3.84. The molecule has 2 heteroatoms. The lowest BCUT2D eigenvalue weighted by molar-refractivity contribution is 0.706. The average molecular weight is 258 g/mol. The van der Waals surface area contributed by atoms with Crippen LogP contribution in [-0.2, 0) is 6.42 Å². The number of nitrogens with one attached hydrogen (secondary N) is 1. The third kappa shape index (κ3) is 3.60. The first-order chi connectivity index (χ1) is 9.24. The molecule has 1 aromatic carbocycles. The fourth-order valence-electron chi connectivity index (χ4n) is 2.62. The number of fused-ring (bicyclic) bond motifs is 1. The highest BCUT2D eigenvalue weighted by atomic mass is 15.1. The molecule has 0 bridgehead atoms. The summed E-state index contributed by atoms with van der Waals surface area (Å²) in [7, 11) is 2.17. The molecule has 1 aliphatic heterocycles. The van der Waals surface area contributed by atoms with Crippen LogP contribution in [0.4, 0.5) is 5.69 Å². The van der Waals surface area contributed by atoms with E-state index >= 15 is 0 Å². The molecule has 0 radical (unpaired) electrons. The van der Waals surface area contributed by atoms with Crippen molar-refractivity contribution in [3.05, 3.63) is 34.9 Å². The van der Waals surface area contributed by atoms with Gasteiger partial charge in [-0.05, 0) is 49.1 Å². The maximum atomic E-state index is 3.49. The minimum absolute atomic E-state index is 1.02. The zero-order valence-corrected chi connectivity index (χ0v) is 12.5. The molecule has 0 amide bonds. The van der Waals surface area contributed by atoms with Gasteiger partial charge in [-0.2, -0.15) is 0 Å². The summed E-state index contributed by atoms with van der Waals surface area (Å²) in [6.45, 7) is 7.72. The summed E-state index contributed by atoms with van der Waals surface area (Å²) in [5.74, 6) is 0. The largest absolute Gasteiger partial charge is 0.374 e. The molecule has 2 rings (SSSR count). The van der Waals surface area contributed by atoms with Gasteiger partial charge in [0.25, 0.3) is 0 Å². The van der Waals surface area contributed by atoms with Gasteiger partial charge in [-0.1, -0.05) is 31.6 Å². The second kappa shape index (κ2) is 6.76. The molecule has 19 heavy (non-hydrogen) atoms. The Bertz CT molecular complexity index is 449. The standard InChI is InChI=1S/C17H26N2/c1-4-9-18-13-14(5-2)11-15-6-7-17-16(12-15)8-10-19(17)3/h6-7,11-12,18H,4-5,8-10,13H2,1-3H3. The Kier molecular flexibility index (Phi) is 5.03. The normalized spacial score (nSPS) is 14.9. The molecule has 0 unspecified atom stereocenters. The van der Waals surface area contributed by atoms with Gasteiger partial charge in [0.15, 0.2) is 0 Å². The third-order valence-corrected chi connectivity index (χ3v) is 3.84. The molecular weight excluding hydrogens is 232 g/mol. The monoisotopic (exact) mass is 258 g/mol. The van der Waals surface area contributed by atoms with Crippen molar-refractivity contribution in [2.45, 2.75) is 33.1 Å². The van der Waals surface area contributed by atoms with Crippen molar-refractivity contribution in [1.29, 1.82) is 0 Å². The van der Waals surface area contributed by atoms with E-state index in [0.717, 1.165) is 26.1 Å². The number of hydrogen-bond donors (Lipinski definition) is 1. The lowest BCUT2D eigenvalue weighted by Gasteiger charge is -2.12. The lowest BCUT2D eigenvalue weighted by Crippen LogP contribution is -2.17. The molecule has 0 spiro atoms. The summed E-state index contributed by atoms with van der Waals surface area (Å²) in [5, 5.41) is 3.49. The van der Waals surface area contributed by atoms with Crippen molar-refractivity contribution < 1.29 is 0 Å². The van der Waals surface area contributed by atoms with E-state index in [-0.39, 0.29) is 0 Å². The zero-order chi connectivity index (χ0) is 13.7. The SMILES string of the molecule is CCCNCC(=Cc1ccc2c(c1)CCN2C)CC. The minimum atomic E-state index is 1.02. The van der Waals surface area contributed by atoms with Crippen LogP contribution in [-0.4, -0.2) is 26.7 Å². The Morgan fingerprint density at radius 2 is 2.21 bits per heavy atom. The number of anilines is 1. The van der Waals surface area contributed by atoms with E-state index in [9.17, 15) is 0 Å². The number of rotatable bonds is 6. The summed E-state index contributed by atoms with van der Waals surface area (Å²) >= 11 is 0. The molecule has 1 heterocycles. The van der Waals surface area contributed by atoms with Gasteiger partial charge < -0.3 is 10.2 Å². The molecule has 0 aromatic heterocycles. The molecule has 0 saturated carbocycles. The lowest BCUT2D eigenvalue weighted by atomic mass is 10.0. The fraction of sp³-hybridized carbons (Fsp3) is 0.529. The summed E-state index contributed by atoms with van der Waals surface area (Å²) < 4.78 is 0. The Morgan fingerprint density at radius 3 is 2.95 bits per heavy atom. The Labute approximate surface area is 117 Å². The quantitative estimate of drug-likeness (QED) is 0.786. The number of hydrogen-bond acceptors (Lipinski definition) is 2. The molecule has 1 aliphatic rings. The predicted octanol–water partition coefficient (Wildman–Crippen LogP) is 3.47. The highest BCUT2D eigenvalue weighted by Gasteiger charge is 2.14. The van der Waals surface area contributed by atoms with Crippen LogP contribution in [0.15, 0.2) is 23.8 Å². The van der Waals surface area contributed by atoms with Gasteiger partial charge in [0.2, 0.25) is 0 Å². The predicted molar refractivity (Wildman–Crippen MR) is 84.8 cm³/mol. The smallest absolute Gasteiger partial charge is 0.0397 e. The first kappa shape index (κ1) is 14.1. The summed E-state index contributed by atoms with van der Waals surface area (Å²) in [4.78, 5) is 2.34. The summed E-state index contributed by atoms with van der Waals surface area (Å²) in [6.07, 6.45) is 5.85. The second-order valence-corrected chi connectivity index (χ2v) is 5.39. The molecule has 1 N–H and O–H groups in total. The van der Waals surface area contributed by atoms with Gasteiger partial charge in [-0.15, -0.1) is 0 Å². The van der Waals surface area contributed by atoms with Crippen LogP contribution in [0.5, 0.6) is 0 Å². The topological polar surface area (TPSA) is 15.3 Å². The van der Waals surface area contributed by atoms with Crippen LogP contribution in [0, 0.1) is 0 Å². The summed E-state index contributed by atoms with van der Waals surface area (Å²) in [5.41, 5.74) is 5.73. The molecule has 0 fully saturated rings. The van der Waals surface area contributed by atoms with E-state index in [0.29, 0.717) is 0 Å².